The minimum absolute atomic E-state index is 0.0631. The van der Waals surface area contributed by atoms with E-state index in [1.165, 1.54) is 15.6 Å². The third kappa shape index (κ3) is 4.04. The van der Waals surface area contributed by atoms with E-state index in [9.17, 15) is 8.42 Å². The quantitative estimate of drug-likeness (QED) is 0.877. The molecule has 1 aromatic heterocycles. The second-order valence-electron chi connectivity index (χ2n) is 6.12. The molecule has 0 amide bonds. The van der Waals surface area contributed by atoms with Gasteiger partial charge in [-0.15, -0.1) is 11.3 Å². The predicted octanol–water partition coefficient (Wildman–Crippen LogP) is 2.91. The summed E-state index contributed by atoms with van der Waals surface area (Å²) in [6, 6.07) is 1.71. The average Bonchev–Trinajstić information content (AvgIpc) is 2.82. The van der Waals surface area contributed by atoms with E-state index in [0.29, 0.717) is 10.8 Å². The highest BCUT2D eigenvalue weighted by Gasteiger charge is 2.33. The first-order valence-corrected chi connectivity index (χ1v) is 9.18. The number of hydrogen-bond donors (Lipinski definition) is 1. The summed E-state index contributed by atoms with van der Waals surface area (Å²) in [4.78, 5) is 0. The second kappa shape index (κ2) is 6.56. The van der Waals surface area contributed by atoms with E-state index in [-0.39, 0.29) is 11.5 Å². The molecule has 0 saturated heterocycles. The normalized spacial score (nSPS) is 14.8. The van der Waals surface area contributed by atoms with Crippen LogP contribution in [0.1, 0.15) is 40.2 Å². The summed E-state index contributed by atoms with van der Waals surface area (Å²) in [5.41, 5.74) is 0.929. The summed E-state index contributed by atoms with van der Waals surface area (Å²) in [6.45, 7) is 11.7. The molecule has 0 aliphatic carbocycles. The fraction of sp³-hybridized carbons (Fsp3) is 0.714. The Morgan fingerprint density at radius 1 is 1.40 bits per heavy atom. The molecule has 1 N–H and O–H groups in total. The maximum atomic E-state index is 12.6. The van der Waals surface area contributed by atoms with Crippen molar-refractivity contribution in [2.75, 3.05) is 13.6 Å². The van der Waals surface area contributed by atoms with Crippen LogP contribution in [-0.2, 0) is 16.6 Å². The Morgan fingerprint density at radius 3 is 2.50 bits per heavy atom. The van der Waals surface area contributed by atoms with Crippen molar-refractivity contribution >= 4 is 21.4 Å². The van der Waals surface area contributed by atoms with Crippen molar-refractivity contribution in [1.29, 1.82) is 0 Å². The van der Waals surface area contributed by atoms with Crippen molar-refractivity contribution in [3.63, 3.8) is 0 Å². The number of nitrogens with zero attached hydrogens (tertiary/aromatic N) is 1. The van der Waals surface area contributed by atoms with Crippen molar-refractivity contribution in [1.82, 2.24) is 9.62 Å². The molecule has 0 fully saturated rings. The summed E-state index contributed by atoms with van der Waals surface area (Å²) in [7, 11) is -1.74. The molecule has 1 rings (SSSR count). The van der Waals surface area contributed by atoms with Crippen LogP contribution in [0.5, 0.6) is 0 Å². The van der Waals surface area contributed by atoms with Crippen LogP contribution in [0.3, 0.4) is 0 Å². The minimum Gasteiger partial charge on any atom is -0.313 e. The van der Waals surface area contributed by atoms with E-state index < -0.39 is 10.0 Å². The molecule has 0 aliphatic heterocycles. The molecule has 1 heterocycles. The second-order valence-corrected chi connectivity index (χ2v) is 9.25. The number of rotatable bonds is 6. The fourth-order valence-corrected chi connectivity index (χ4v) is 4.68. The summed E-state index contributed by atoms with van der Waals surface area (Å²) in [5, 5.41) is 5.11. The van der Waals surface area contributed by atoms with Gasteiger partial charge >= 0.3 is 0 Å². The van der Waals surface area contributed by atoms with Crippen LogP contribution in [0.25, 0.3) is 0 Å². The lowest BCUT2D eigenvalue weighted by Crippen LogP contribution is -2.42. The Labute approximate surface area is 127 Å². The van der Waals surface area contributed by atoms with Gasteiger partial charge in [0.25, 0.3) is 10.0 Å². The Morgan fingerprint density at radius 2 is 2.00 bits per heavy atom. The smallest absolute Gasteiger partial charge is 0.252 e. The van der Waals surface area contributed by atoms with Gasteiger partial charge in [-0.1, -0.05) is 27.7 Å². The molecular formula is C14H26N2O2S2. The highest BCUT2D eigenvalue weighted by Crippen LogP contribution is 2.30. The maximum Gasteiger partial charge on any atom is 0.252 e. The van der Waals surface area contributed by atoms with Crippen LogP contribution in [0.2, 0.25) is 0 Å². The Kier molecular flexibility index (Phi) is 5.78. The van der Waals surface area contributed by atoms with Crippen molar-refractivity contribution < 1.29 is 8.42 Å². The van der Waals surface area contributed by atoms with Crippen LogP contribution in [0.15, 0.2) is 15.7 Å². The zero-order valence-corrected chi connectivity index (χ0v) is 14.9. The summed E-state index contributed by atoms with van der Waals surface area (Å²) in [5.74, 6) is 0. The van der Waals surface area contributed by atoms with Gasteiger partial charge in [-0.3, -0.25) is 0 Å². The van der Waals surface area contributed by atoms with Crippen LogP contribution in [-0.4, -0.2) is 32.4 Å². The predicted molar refractivity (Wildman–Crippen MR) is 85.6 cm³/mol. The van der Waals surface area contributed by atoms with E-state index in [0.717, 1.165) is 12.1 Å². The first-order valence-electron chi connectivity index (χ1n) is 6.87. The van der Waals surface area contributed by atoms with Gasteiger partial charge in [-0.05, 0) is 35.9 Å². The van der Waals surface area contributed by atoms with Gasteiger partial charge in [-0.25, -0.2) is 8.42 Å². The molecule has 0 radical (unpaired) electrons. The van der Waals surface area contributed by atoms with Gasteiger partial charge in [0.15, 0.2) is 0 Å². The van der Waals surface area contributed by atoms with Crippen LogP contribution in [0, 0.1) is 5.41 Å². The molecule has 0 bridgehead atoms. The molecule has 6 heteroatoms. The summed E-state index contributed by atoms with van der Waals surface area (Å²) < 4.78 is 27.1. The lowest BCUT2D eigenvalue weighted by atomic mass is 9.88. The lowest BCUT2D eigenvalue weighted by molar-refractivity contribution is 0.217. The number of hydrogen-bond acceptors (Lipinski definition) is 4. The highest BCUT2D eigenvalue weighted by molar-refractivity contribution is 7.91. The Balaban J connectivity index is 2.96. The molecule has 0 saturated carbocycles. The molecule has 0 aliphatic rings. The van der Waals surface area contributed by atoms with Crippen molar-refractivity contribution in [3.8, 4) is 0 Å². The maximum absolute atomic E-state index is 12.6. The van der Waals surface area contributed by atoms with Gasteiger partial charge in [0.2, 0.25) is 0 Å². The van der Waals surface area contributed by atoms with Crippen LogP contribution >= 0.6 is 11.3 Å². The zero-order chi connectivity index (χ0) is 15.6. The molecule has 116 valence electrons. The third-order valence-corrected chi connectivity index (χ3v) is 7.03. The SMILES string of the molecule is CCNCc1csc(S(=O)(=O)N(C)C(C)C(C)(C)C)c1. The molecule has 0 aromatic carbocycles. The summed E-state index contributed by atoms with van der Waals surface area (Å²) in [6.07, 6.45) is 0. The number of nitrogens with one attached hydrogen (secondary N) is 1. The molecule has 1 atom stereocenters. The third-order valence-electron chi connectivity index (χ3n) is 3.64. The lowest BCUT2D eigenvalue weighted by Gasteiger charge is -2.34. The van der Waals surface area contributed by atoms with Gasteiger partial charge in [0.1, 0.15) is 4.21 Å². The molecule has 0 spiro atoms. The Hall–Kier alpha value is -0.430. The number of thiophene rings is 1. The van der Waals surface area contributed by atoms with E-state index >= 15 is 0 Å². The highest BCUT2D eigenvalue weighted by atomic mass is 32.2. The molecule has 20 heavy (non-hydrogen) atoms. The van der Waals surface area contributed by atoms with E-state index in [1.54, 1.807) is 13.1 Å². The molecule has 1 aromatic rings. The van der Waals surface area contributed by atoms with Crippen molar-refractivity contribution in [2.24, 2.45) is 5.41 Å². The van der Waals surface area contributed by atoms with Gasteiger partial charge < -0.3 is 5.32 Å². The topological polar surface area (TPSA) is 49.4 Å². The van der Waals surface area contributed by atoms with Gasteiger partial charge in [0.05, 0.1) is 0 Å². The molecule has 1 unspecified atom stereocenters. The van der Waals surface area contributed by atoms with E-state index in [1.807, 2.05) is 19.2 Å². The summed E-state index contributed by atoms with van der Waals surface area (Å²) >= 11 is 1.29. The van der Waals surface area contributed by atoms with Crippen LogP contribution in [0.4, 0.5) is 0 Å². The Bertz CT molecular complexity index is 530. The largest absolute Gasteiger partial charge is 0.313 e. The average molecular weight is 319 g/mol. The van der Waals surface area contributed by atoms with Gasteiger partial charge in [-0.2, -0.15) is 4.31 Å². The minimum atomic E-state index is -3.40. The first kappa shape index (κ1) is 17.6. The monoisotopic (exact) mass is 318 g/mol. The van der Waals surface area contributed by atoms with Crippen molar-refractivity contribution in [2.45, 2.75) is 51.4 Å². The van der Waals surface area contributed by atoms with Crippen LogP contribution < -0.4 is 5.32 Å². The van der Waals surface area contributed by atoms with E-state index in [4.69, 9.17) is 0 Å². The molecular weight excluding hydrogens is 292 g/mol. The van der Waals surface area contributed by atoms with Crippen molar-refractivity contribution in [3.05, 3.63) is 17.0 Å². The van der Waals surface area contributed by atoms with E-state index in [2.05, 4.69) is 26.1 Å². The number of sulfonamides is 1. The molecule has 4 nitrogen and oxygen atoms in total. The van der Waals surface area contributed by atoms with Gasteiger partial charge in [0, 0.05) is 19.6 Å². The first-order chi connectivity index (χ1) is 9.10. The standard InChI is InChI=1S/C14H26N2O2S2/c1-7-15-9-12-8-13(19-10-12)20(17,18)16(6)11(2)14(3,4)5/h8,10-11,15H,7,9H2,1-6H3. The fourth-order valence-electron chi connectivity index (χ4n) is 1.75. The zero-order valence-electron chi connectivity index (χ0n) is 13.2.